The lowest BCUT2D eigenvalue weighted by Gasteiger charge is -2.33. The van der Waals surface area contributed by atoms with Crippen LogP contribution in [0.4, 0.5) is 0 Å². The zero-order valence-electron chi connectivity index (χ0n) is 13.6. The second-order valence-electron chi connectivity index (χ2n) is 7.59. The van der Waals surface area contributed by atoms with E-state index < -0.39 is 0 Å². The molecule has 0 aliphatic heterocycles. The van der Waals surface area contributed by atoms with E-state index in [1.165, 1.54) is 36.8 Å². The van der Waals surface area contributed by atoms with E-state index in [4.69, 9.17) is 0 Å². The minimum atomic E-state index is -0.185. The molecule has 1 aromatic carbocycles. The quantitative estimate of drug-likeness (QED) is 0.831. The summed E-state index contributed by atoms with van der Waals surface area (Å²) in [4.78, 5) is 0. The van der Waals surface area contributed by atoms with Crippen molar-refractivity contribution in [2.45, 2.75) is 77.7 Å². The van der Waals surface area contributed by atoms with Gasteiger partial charge >= 0.3 is 0 Å². The van der Waals surface area contributed by atoms with Crippen LogP contribution in [0.5, 0.6) is 0 Å². The van der Waals surface area contributed by atoms with E-state index in [2.05, 4.69) is 52.0 Å². The third-order valence-corrected chi connectivity index (χ3v) is 5.26. The van der Waals surface area contributed by atoms with Crippen molar-refractivity contribution in [3.05, 3.63) is 35.4 Å². The normalized spacial score (nSPS) is 20.1. The maximum atomic E-state index is 10.7. The first-order valence-corrected chi connectivity index (χ1v) is 8.15. The number of hydrogen-bond donors (Lipinski definition) is 1. The summed E-state index contributed by atoms with van der Waals surface area (Å²) in [6.07, 6.45) is 6.69. The first kappa shape index (κ1) is 15.6. The Morgan fingerprint density at radius 2 is 1.65 bits per heavy atom. The van der Waals surface area contributed by atoms with E-state index in [0.29, 0.717) is 0 Å². The molecule has 1 aliphatic rings. The lowest BCUT2D eigenvalue weighted by Crippen LogP contribution is -2.33. The van der Waals surface area contributed by atoms with E-state index in [1.54, 1.807) is 0 Å². The number of aliphatic hydroxyl groups excluding tert-OH is 1. The Hall–Kier alpha value is -0.820. The maximum Gasteiger partial charge on any atom is 0.0636 e. The fourth-order valence-corrected chi connectivity index (χ4v) is 3.58. The highest BCUT2D eigenvalue weighted by atomic mass is 16.3. The third kappa shape index (κ3) is 3.25. The molecule has 1 aliphatic carbocycles. The molecule has 0 radical (unpaired) electrons. The molecule has 1 N–H and O–H groups in total. The van der Waals surface area contributed by atoms with Gasteiger partial charge in [0.2, 0.25) is 0 Å². The standard InChI is InChI=1S/C19H30O/c1-5-19(12-6-7-13-19)17(20)14-15-8-10-16(11-9-15)18(2,3)4/h8-11,17,20H,5-7,12-14H2,1-4H3. The molecule has 0 saturated heterocycles. The van der Waals surface area contributed by atoms with E-state index in [1.807, 2.05) is 0 Å². The molecule has 20 heavy (non-hydrogen) atoms. The third-order valence-electron chi connectivity index (χ3n) is 5.26. The van der Waals surface area contributed by atoms with Crippen molar-refractivity contribution < 1.29 is 5.11 Å². The van der Waals surface area contributed by atoms with Gasteiger partial charge in [0.1, 0.15) is 0 Å². The fraction of sp³-hybridized carbons (Fsp3) is 0.684. The summed E-state index contributed by atoms with van der Waals surface area (Å²) in [5.41, 5.74) is 3.02. The van der Waals surface area contributed by atoms with Gasteiger partial charge in [-0.3, -0.25) is 0 Å². The molecule has 1 atom stereocenters. The highest BCUT2D eigenvalue weighted by Gasteiger charge is 2.38. The predicted molar refractivity (Wildman–Crippen MR) is 86.0 cm³/mol. The summed E-state index contributed by atoms with van der Waals surface area (Å²) in [6.45, 7) is 8.95. The van der Waals surface area contributed by atoms with Crippen LogP contribution in [0, 0.1) is 5.41 Å². The lowest BCUT2D eigenvalue weighted by atomic mass is 9.75. The van der Waals surface area contributed by atoms with Crippen molar-refractivity contribution in [3.63, 3.8) is 0 Å². The van der Waals surface area contributed by atoms with E-state index in [9.17, 15) is 5.11 Å². The molecule has 1 fully saturated rings. The zero-order valence-corrected chi connectivity index (χ0v) is 13.6. The smallest absolute Gasteiger partial charge is 0.0636 e. The molecule has 2 rings (SSSR count). The molecular weight excluding hydrogens is 244 g/mol. The summed E-state index contributed by atoms with van der Waals surface area (Å²) in [7, 11) is 0. The molecular formula is C19H30O. The van der Waals surface area contributed by atoms with Crippen LogP contribution < -0.4 is 0 Å². The zero-order chi connectivity index (χ0) is 14.8. The molecule has 1 saturated carbocycles. The van der Waals surface area contributed by atoms with Gasteiger partial charge in [0.15, 0.2) is 0 Å². The second kappa shape index (κ2) is 5.89. The average molecular weight is 274 g/mol. The Balaban J connectivity index is 2.06. The summed E-state index contributed by atoms with van der Waals surface area (Å²) in [5.74, 6) is 0. The molecule has 1 unspecified atom stereocenters. The topological polar surface area (TPSA) is 20.2 Å². The first-order valence-electron chi connectivity index (χ1n) is 8.15. The molecule has 112 valence electrons. The SMILES string of the molecule is CCC1(C(O)Cc2ccc(C(C)(C)C)cc2)CCCC1. The van der Waals surface area contributed by atoms with Crippen molar-refractivity contribution >= 4 is 0 Å². The summed E-state index contributed by atoms with van der Waals surface area (Å²) in [6, 6.07) is 8.83. The fourth-order valence-electron chi connectivity index (χ4n) is 3.58. The predicted octanol–water partition coefficient (Wildman–Crippen LogP) is 4.86. The second-order valence-corrected chi connectivity index (χ2v) is 7.59. The van der Waals surface area contributed by atoms with Crippen LogP contribution in [-0.4, -0.2) is 11.2 Å². The van der Waals surface area contributed by atoms with Crippen LogP contribution >= 0.6 is 0 Å². The van der Waals surface area contributed by atoms with Gasteiger partial charge in [0, 0.05) is 0 Å². The Kier molecular flexibility index (Phi) is 4.59. The van der Waals surface area contributed by atoms with Gasteiger partial charge in [-0.1, -0.05) is 64.8 Å². The highest BCUT2D eigenvalue weighted by Crippen LogP contribution is 2.44. The van der Waals surface area contributed by atoms with Crippen LogP contribution in [-0.2, 0) is 11.8 Å². The maximum absolute atomic E-state index is 10.7. The van der Waals surface area contributed by atoms with Crippen LogP contribution in [0.1, 0.15) is 70.9 Å². The van der Waals surface area contributed by atoms with Gasteiger partial charge in [-0.15, -0.1) is 0 Å². The Morgan fingerprint density at radius 1 is 1.10 bits per heavy atom. The Morgan fingerprint density at radius 3 is 2.10 bits per heavy atom. The van der Waals surface area contributed by atoms with Gasteiger partial charge < -0.3 is 5.11 Å². The number of aliphatic hydroxyl groups is 1. The minimum Gasteiger partial charge on any atom is -0.392 e. The van der Waals surface area contributed by atoms with E-state index in [0.717, 1.165) is 12.8 Å². The van der Waals surface area contributed by atoms with Crippen molar-refractivity contribution in [1.29, 1.82) is 0 Å². The van der Waals surface area contributed by atoms with Crippen molar-refractivity contribution in [2.24, 2.45) is 5.41 Å². The summed E-state index contributed by atoms with van der Waals surface area (Å²) in [5, 5.41) is 10.7. The van der Waals surface area contributed by atoms with Crippen LogP contribution in [0.2, 0.25) is 0 Å². The van der Waals surface area contributed by atoms with Gasteiger partial charge in [0.25, 0.3) is 0 Å². The minimum absolute atomic E-state index is 0.183. The van der Waals surface area contributed by atoms with Crippen molar-refractivity contribution in [1.82, 2.24) is 0 Å². The van der Waals surface area contributed by atoms with Gasteiger partial charge in [-0.05, 0) is 47.6 Å². The first-order chi connectivity index (χ1) is 9.37. The van der Waals surface area contributed by atoms with Crippen molar-refractivity contribution in [2.75, 3.05) is 0 Å². The largest absolute Gasteiger partial charge is 0.392 e. The lowest BCUT2D eigenvalue weighted by molar-refractivity contribution is 0.0257. The van der Waals surface area contributed by atoms with Gasteiger partial charge in [0.05, 0.1) is 6.10 Å². The molecule has 0 heterocycles. The van der Waals surface area contributed by atoms with Crippen molar-refractivity contribution in [3.8, 4) is 0 Å². The summed E-state index contributed by atoms with van der Waals surface area (Å²) >= 11 is 0. The molecule has 0 bridgehead atoms. The van der Waals surface area contributed by atoms with E-state index >= 15 is 0 Å². The van der Waals surface area contributed by atoms with E-state index in [-0.39, 0.29) is 16.9 Å². The number of benzene rings is 1. The highest BCUT2D eigenvalue weighted by molar-refractivity contribution is 5.28. The molecule has 1 heteroatoms. The monoisotopic (exact) mass is 274 g/mol. The molecule has 0 spiro atoms. The number of hydrogen-bond acceptors (Lipinski definition) is 1. The Bertz CT molecular complexity index is 418. The van der Waals surface area contributed by atoms with Crippen LogP contribution in [0.3, 0.4) is 0 Å². The van der Waals surface area contributed by atoms with Gasteiger partial charge in [-0.2, -0.15) is 0 Å². The van der Waals surface area contributed by atoms with Gasteiger partial charge in [-0.25, -0.2) is 0 Å². The van der Waals surface area contributed by atoms with Crippen LogP contribution in [0.25, 0.3) is 0 Å². The van der Waals surface area contributed by atoms with Crippen LogP contribution in [0.15, 0.2) is 24.3 Å². The molecule has 0 aromatic heterocycles. The molecule has 1 aromatic rings. The Labute approximate surface area is 124 Å². The number of rotatable bonds is 4. The summed E-state index contributed by atoms with van der Waals surface area (Å²) < 4.78 is 0. The average Bonchev–Trinajstić information content (AvgIpc) is 2.88. The molecule has 1 nitrogen and oxygen atoms in total. The molecule has 0 amide bonds.